The number of likely N-dealkylation sites (tertiary alicyclic amines) is 1. The molecule has 1 aromatic carbocycles. The van der Waals surface area contributed by atoms with Crippen LogP contribution in [0.25, 0.3) is 0 Å². The molecule has 2 rings (SSSR count). The molecule has 1 heterocycles. The van der Waals surface area contributed by atoms with Crippen LogP contribution in [0.5, 0.6) is 5.75 Å². The Bertz CT molecular complexity index is 788. The average Bonchev–Trinajstić information content (AvgIpc) is 3.22. The zero-order valence-corrected chi connectivity index (χ0v) is 17.2. The Labute approximate surface area is 179 Å². The fourth-order valence-corrected chi connectivity index (χ4v) is 3.53. The Morgan fingerprint density at radius 3 is 2.40 bits per heavy atom. The molecule has 0 aliphatic carbocycles. The van der Waals surface area contributed by atoms with Crippen molar-refractivity contribution in [3.05, 3.63) is 29.8 Å². The van der Waals surface area contributed by atoms with Gasteiger partial charge in [-0.1, -0.05) is 12.1 Å². The highest BCUT2D eigenvalue weighted by Gasteiger charge is 2.38. The van der Waals surface area contributed by atoms with Crippen molar-refractivity contribution in [2.75, 3.05) is 18.8 Å². The third-order valence-corrected chi connectivity index (χ3v) is 5.20. The topological polar surface area (TPSA) is 162 Å². The minimum Gasteiger partial charge on any atom is -0.508 e. The first-order valence-corrected chi connectivity index (χ1v) is 10.1. The van der Waals surface area contributed by atoms with E-state index in [9.17, 15) is 29.4 Å². The standard InChI is InChI=1S/C19H26N4O6S/c20-9-16(25)21-14(10-30)18(27)23-7-1-2-15(23)17(26)22-13(19(28)29)8-11-3-5-12(24)6-4-11/h3-6,13-15,24,30H,1-2,7-10,20H2,(H,21,25)(H,22,26)(H,28,29). The second-order valence-electron chi connectivity index (χ2n) is 6.97. The number of rotatable bonds is 9. The molecule has 3 amide bonds. The van der Waals surface area contributed by atoms with Gasteiger partial charge in [0.2, 0.25) is 17.7 Å². The first-order chi connectivity index (χ1) is 14.3. The SMILES string of the molecule is NCC(=O)NC(CS)C(=O)N1CCCC1C(=O)NC(Cc1ccc(O)cc1)C(=O)O. The minimum atomic E-state index is -1.21. The first kappa shape index (κ1) is 23.5. The number of nitrogens with one attached hydrogen (secondary N) is 2. The maximum atomic E-state index is 12.8. The molecule has 11 heteroatoms. The maximum absolute atomic E-state index is 12.8. The van der Waals surface area contributed by atoms with Crippen LogP contribution in [-0.2, 0) is 25.6 Å². The summed E-state index contributed by atoms with van der Waals surface area (Å²) in [5, 5.41) is 23.8. The minimum absolute atomic E-state index is 0.0217. The van der Waals surface area contributed by atoms with Gasteiger partial charge in [0.1, 0.15) is 23.9 Å². The Balaban J connectivity index is 2.07. The van der Waals surface area contributed by atoms with E-state index in [-0.39, 0.29) is 24.5 Å². The number of aliphatic carboxylic acids is 1. The van der Waals surface area contributed by atoms with Crippen LogP contribution in [0.3, 0.4) is 0 Å². The van der Waals surface area contributed by atoms with Crippen LogP contribution in [0.4, 0.5) is 0 Å². The highest BCUT2D eigenvalue weighted by molar-refractivity contribution is 7.80. The van der Waals surface area contributed by atoms with Gasteiger partial charge in [0.15, 0.2) is 0 Å². The number of hydrogen-bond acceptors (Lipinski definition) is 7. The average molecular weight is 439 g/mol. The number of carboxylic acid groups (broad SMARTS) is 1. The summed E-state index contributed by atoms with van der Waals surface area (Å²) in [5.74, 6) is -2.67. The van der Waals surface area contributed by atoms with Gasteiger partial charge in [0, 0.05) is 18.7 Å². The van der Waals surface area contributed by atoms with E-state index in [0.717, 1.165) is 0 Å². The van der Waals surface area contributed by atoms with Crippen molar-refractivity contribution in [2.24, 2.45) is 5.73 Å². The number of phenols is 1. The van der Waals surface area contributed by atoms with Gasteiger partial charge in [-0.3, -0.25) is 14.4 Å². The van der Waals surface area contributed by atoms with Crippen molar-refractivity contribution in [2.45, 2.75) is 37.4 Å². The molecule has 1 saturated heterocycles. The van der Waals surface area contributed by atoms with Crippen molar-refractivity contribution in [3.63, 3.8) is 0 Å². The smallest absolute Gasteiger partial charge is 0.326 e. The third kappa shape index (κ3) is 6.10. The zero-order chi connectivity index (χ0) is 22.3. The molecule has 0 saturated carbocycles. The normalized spacial score (nSPS) is 17.8. The van der Waals surface area contributed by atoms with Crippen molar-refractivity contribution in [1.29, 1.82) is 0 Å². The number of carboxylic acids is 1. The Hall–Kier alpha value is -2.79. The quantitative estimate of drug-likeness (QED) is 0.266. The summed E-state index contributed by atoms with van der Waals surface area (Å²) >= 11 is 4.09. The molecular weight excluding hydrogens is 412 g/mol. The van der Waals surface area contributed by atoms with Crippen LogP contribution in [0.1, 0.15) is 18.4 Å². The maximum Gasteiger partial charge on any atom is 0.326 e. The first-order valence-electron chi connectivity index (χ1n) is 9.48. The number of nitrogens with zero attached hydrogens (tertiary/aromatic N) is 1. The molecule has 30 heavy (non-hydrogen) atoms. The summed E-state index contributed by atoms with van der Waals surface area (Å²) in [6, 6.07) is 3.04. The highest BCUT2D eigenvalue weighted by Crippen LogP contribution is 2.19. The number of carbonyl (C=O) groups excluding carboxylic acids is 3. The molecular formula is C19H26N4O6S. The second-order valence-corrected chi connectivity index (χ2v) is 7.33. The van der Waals surface area contributed by atoms with Crippen LogP contribution in [0, 0.1) is 0 Å². The zero-order valence-electron chi connectivity index (χ0n) is 16.3. The van der Waals surface area contributed by atoms with Crippen LogP contribution < -0.4 is 16.4 Å². The Morgan fingerprint density at radius 1 is 1.17 bits per heavy atom. The summed E-state index contributed by atoms with van der Waals surface area (Å²) in [5.41, 5.74) is 5.89. The largest absolute Gasteiger partial charge is 0.508 e. The van der Waals surface area contributed by atoms with Gasteiger partial charge in [0.25, 0.3) is 0 Å². The van der Waals surface area contributed by atoms with E-state index in [0.29, 0.717) is 24.9 Å². The van der Waals surface area contributed by atoms with E-state index in [4.69, 9.17) is 5.73 Å². The summed E-state index contributed by atoms with van der Waals surface area (Å²) in [7, 11) is 0. The van der Waals surface area contributed by atoms with Crippen molar-refractivity contribution >= 4 is 36.3 Å². The molecule has 1 aliphatic rings. The van der Waals surface area contributed by atoms with E-state index in [1.54, 1.807) is 12.1 Å². The van der Waals surface area contributed by atoms with E-state index in [1.807, 2.05) is 0 Å². The number of nitrogens with two attached hydrogens (primary N) is 1. The van der Waals surface area contributed by atoms with E-state index in [1.165, 1.54) is 17.0 Å². The van der Waals surface area contributed by atoms with Crippen LogP contribution in [-0.4, -0.2) is 75.8 Å². The van der Waals surface area contributed by atoms with Gasteiger partial charge < -0.3 is 31.5 Å². The number of thiol groups is 1. The highest BCUT2D eigenvalue weighted by atomic mass is 32.1. The molecule has 1 fully saturated rings. The fourth-order valence-electron chi connectivity index (χ4n) is 3.28. The van der Waals surface area contributed by atoms with E-state index in [2.05, 4.69) is 23.3 Å². The van der Waals surface area contributed by atoms with Gasteiger partial charge in [0.05, 0.1) is 6.54 Å². The number of hydrogen-bond donors (Lipinski definition) is 6. The Kier molecular flexibility index (Phi) is 8.48. The molecule has 0 aromatic heterocycles. The van der Waals surface area contributed by atoms with E-state index < -0.39 is 41.8 Å². The monoisotopic (exact) mass is 438 g/mol. The van der Waals surface area contributed by atoms with Crippen LogP contribution in [0.2, 0.25) is 0 Å². The van der Waals surface area contributed by atoms with Gasteiger partial charge in [-0.25, -0.2) is 4.79 Å². The lowest BCUT2D eigenvalue weighted by Gasteiger charge is -2.29. The summed E-state index contributed by atoms with van der Waals surface area (Å²) in [6.07, 6.45) is 0.977. The van der Waals surface area contributed by atoms with Crippen LogP contribution >= 0.6 is 12.6 Å². The molecule has 1 aliphatic heterocycles. The molecule has 0 bridgehead atoms. The molecule has 0 radical (unpaired) electrons. The summed E-state index contributed by atoms with van der Waals surface area (Å²) in [4.78, 5) is 50.1. The molecule has 164 valence electrons. The molecule has 1 aromatic rings. The lowest BCUT2D eigenvalue weighted by molar-refractivity contribution is -0.144. The lowest BCUT2D eigenvalue weighted by atomic mass is 10.0. The number of phenolic OH excluding ortho intramolecular Hbond substituents is 1. The molecule has 3 unspecified atom stereocenters. The molecule has 10 nitrogen and oxygen atoms in total. The molecule has 3 atom stereocenters. The van der Waals surface area contributed by atoms with Crippen LogP contribution in [0.15, 0.2) is 24.3 Å². The fraction of sp³-hybridized carbons (Fsp3) is 0.474. The van der Waals surface area contributed by atoms with Crippen molar-refractivity contribution < 1.29 is 29.4 Å². The number of aromatic hydroxyl groups is 1. The van der Waals surface area contributed by atoms with Gasteiger partial charge in [-0.05, 0) is 30.5 Å². The third-order valence-electron chi connectivity index (χ3n) is 4.83. The number of benzene rings is 1. The second kappa shape index (κ2) is 10.8. The van der Waals surface area contributed by atoms with Crippen molar-refractivity contribution in [3.8, 4) is 5.75 Å². The van der Waals surface area contributed by atoms with Gasteiger partial charge in [-0.15, -0.1) is 0 Å². The predicted molar refractivity (Wildman–Crippen MR) is 111 cm³/mol. The molecule has 0 spiro atoms. The Morgan fingerprint density at radius 2 is 1.83 bits per heavy atom. The lowest BCUT2D eigenvalue weighted by Crippen LogP contribution is -2.56. The summed E-state index contributed by atoms with van der Waals surface area (Å²) in [6.45, 7) is 0.0361. The summed E-state index contributed by atoms with van der Waals surface area (Å²) < 4.78 is 0. The number of carbonyl (C=O) groups is 4. The van der Waals surface area contributed by atoms with E-state index >= 15 is 0 Å². The molecule has 6 N–H and O–H groups in total. The van der Waals surface area contributed by atoms with Crippen molar-refractivity contribution in [1.82, 2.24) is 15.5 Å². The van der Waals surface area contributed by atoms with Gasteiger partial charge >= 0.3 is 5.97 Å². The predicted octanol–water partition coefficient (Wildman–Crippen LogP) is -1.13. The number of amides is 3. The van der Waals surface area contributed by atoms with Gasteiger partial charge in [-0.2, -0.15) is 12.6 Å².